The van der Waals surface area contributed by atoms with Crippen molar-refractivity contribution in [2.24, 2.45) is 0 Å². The topological polar surface area (TPSA) is 54.4 Å². The minimum Gasteiger partial charge on any atom is -0.496 e. The Hall–Kier alpha value is -0.840. The van der Waals surface area contributed by atoms with E-state index >= 15 is 0 Å². The molecule has 0 radical (unpaired) electrons. The molecular formula is C11H17ClN2O2. The molecule has 90 valence electrons. The molecule has 1 aliphatic heterocycles. The Bertz CT molecular complexity index is 330. The average molecular weight is 245 g/mol. The van der Waals surface area contributed by atoms with Crippen molar-refractivity contribution in [2.75, 3.05) is 13.7 Å². The summed E-state index contributed by atoms with van der Waals surface area (Å²) >= 11 is 0. The Morgan fingerprint density at radius 1 is 1.62 bits per heavy atom. The van der Waals surface area contributed by atoms with Crippen LogP contribution in [0.1, 0.15) is 24.5 Å². The van der Waals surface area contributed by atoms with Gasteiger partial charge >= 0.3 is 0 Å². The summed E-state index contributed by atoms with van der Waals surface area (Å²) in [6.07, 6.45) is 4.92. The number of nitrogens with one attached hydrogen (secondary N) is 1. The fourth-order valence-electron chi connectivity index (χ4n) is 2.00. The molecule has 1 aliphatic rings. The summed E-state index contributed by atoms with van der Waals surface area (Å²) in [6.45, 7) is 0.976. The third kappa shape index (κ3) is 2.64. The lowest BCUT2D eigenvalue weighted by atomic mass is 10.0. The molecule has 4 nitrogen and oxygen atoms in total. The highest BCUT2D eigenvalue weighted by Gasteiger charge is 2.26. The first-order valence-corrected chi connectivity index (χ1v) is 5.22. The number of aromatic nitrogens is 1. The highest BCUT2D eigenvalue weighted by Crippen LogP contribution is 2.28. The molecule has 0 spiro atoms. The highest BCUT2D eigenvalue weighted by atomic mass is 35.5. The number of aliphatic hydroxyl groups excluding tert-OH is 1. The van der Waals surface area contributed by atoms with Crippen molar-refractivity contribution < 1.29 is 9.84 Å². The monoisotopic (exact) mass is 244 g/mol. The Labute approximate surface area is 101 Å². The van der Waals surface area contributed by atoms with Crippen molar-refractivity contribution >= 4 is 12.4 Å². The minimum atomic E-state index is -0.531. The number of pyridine rings is 1. The van der Waals surface area contributed by atoms with Gasteiger partial charge in [0.15, 0.2) is 0 Å². The first-order valence-electron chi connectivity index (χ1n) is 5.22. The van der Waals surface area contributed by atoms with Gasteiger partial charge in [-0.05, 0) is 25.5 Å². The third-order valence-electron chi connectivity index (χ3n) is 2.83. The molecule has 0 aromatic carbocycles. The lowest BCUT2D eigenvalue weighted by Crippen LogP contribution is -2.29. The summed E-state index contributed by atoms with van der Waals surface area (Å²) in [4.78, 5) is 4.02. The van der Waals surface area contributed by atoms with Gasteiger partial charge in [0.1, 0.15) is 5.75 Å². The van der Waals surface area contributed by atoms with Crippen LogP contribution in [0.15, 0.2) is 18.5 Å². The van der Waals surface area contributed by atoms with E-state index in [0.29, 0.717) is 5.75 Å². The van der Waals surface area contributed by atoms with Crippen LogP contribution in [-0.4, -0.2) is 29.8 Å². The van der Waals surface area contributed by atoms with Gasteiger partial charge in [0.05, 0.1) is 13.2 Å². The van der Waals surface area contributed by atoms with Crippen molar-refractivity contribution in [3.8, 4) is 5.75 Å². The molecule has 2 rings (SSSR count). The van der Waals surface area contributed by atoms with Crippen molar-refractivity contribution in [2.45, 2.75) is 25.0 Å². The van der Waals surface area contributed by atoms with E-state index in [9.17, 15) is 5.11 Å². The standard InChI is InChI=1S/C11H16N2O2.ClH/c1-15-10-4-6-12-7-8(10)11(14)9-3-2-5-13-9;/h4,6-7,9,11,13-14H,2-3,5H2,1H3;1H/t9-,11?;/m1./s1. The van der Waals surface area contributed by atoms with E-state index in [-0.39, 0.29) is 18.4 Å². The van der Waals surface area contributed by atoms with E-state index in [1.54, 1.807) is 25.6 Å². The van der Waals surface area contributed by atoms with E-state index in [1.165, 1.54) is 0 Å². The SMILES string of the molecule is COc1ccncc1C(O)[C@H]1CCCN1.Cl. The lowest BCUT2D eigenvalue weighted by molar-refractivity contribution is 0.133. The Kier molecular flexibility index (Phi) is 4.99. The van der Waals surface area contributed by atoms with Crippen molar-refractivity contribution in [3.05, 3.63) is 24.0 Å². The zero-order valence-corrected chi connectivity index (χ0v) is 10.0. The number of nitrogens with zero attached hydrogens (tertiary/aromatic N) is 1. The normalized spacial score (nSPS) is 21.2. The summed E-state index contributed by atoms with van der Waals surface area (Å²) in [5.41, 5.74) is 0.763. The van der Waals surface area contributed by atoms with E-state index in [1.807, 2.05) is 0 Å². The third-order valence-corrected chi connectivity index (χ3v) is 2.83. The number of halogens is 1. The molecule has 0 amide bonds. The molecule has 2 atom stereocenters. The van der Waals surface area contributed by atoms with Crippen LogP contribution in [0.2, 0.25) is 0 Å². The van der Waals surface area contributed by atoms with Crippen LogP contribution >= 0.6 is 12.4 Å². The Morgan fingerprint density at radius 2 is 2.44 bits per heavy atom. The van der Waals surface area contributed by atoms with Crippen LogP contribution in [0.3, 0.4) is 0 Å². The van der Waals surface area contributed by atoms with Gasteiger partial charge in [-0.2, -0.15) is 0 Å². The molecule has 1 aromatic heterocycles. The second kappa shape index (κ2) is 6.03. The number of ether oxygens (including phenoxy) is 1. The van der Waals surface area contributed by atoms with Gasteiger partial charge in [0.25, 0.3) is 0 Å². The number of hydrogen-bond donors (Lipinski definition) is 2. The van der Waals surface area contributed by atoms with E-state index in [0.717, 1.165) is 24.9 Å². The first-order chi connectivity index (χ1) is 7.33. The first kappa shape index (κ1) is 13.2. The molecule has 0 aliphatic carbocycles. The van der Waals surface area contributed by atoms with Crippen LogP contribution in [0, 0.1) is 0 Å². The van der Waals surface area contributed by atoms with Gasteiger partial charge in [-0.1, -0.05) is 0 Å². The molecule has 5 heteroatoms. The van der Waals surface area contributed by atoms with Crippen LogP contribution in [-0.2, 0) is 0 Å². The minimum absolute atomic E-state index is 0. The molecule has 16 heavy (non-hydrogen) atoms. The van der Waals surface area contributed by atoms with Gasteiger partial charge in [-0.25, -0.2) is 0 Å². The zero-order chi connectivity index (χ0) is 10.7. The number of methoxy groups -OCH3 is 1. The second-order valence-corrected chi connectivity index (χ2v) is 3.77. The predicted octanol–water partition coefficient (Wildman–Crippen LogP) is 1.30. The van der Waals surface area contributed by atoms with E-state index in [2.05, 4.69) is 10.3 Å². The van der Waals surface area contributed by atoms with Crippen LogP contribution in [0.4, 0.5) is 0 Å². The van der Waals surface area contributed by atoms with Crippen LogP contribution < -0.4 is 10.1 Å². The average Bonchev–Trinajstić information content (AvgIpc) is 2.81. The maximum absolute atomic E-state index is 10.1. The maximum Gasteiger partial charge on any atom is 0.127 e. The van der Waals surface area contributed by atoms with E-state index < -0.39 is 6.10 Å². The van der Waals surface area contributed by atoms with Crippen molar-refractivity contribution in [1.29, 1.82) is 0 Å². The fraction of sp³-hybridized carbons (Fsp3) is 0.545. The Morgan fingerprint density at radius 3 is 3.06 bits per heavy atom. The molecule has 1 unspecified atom stereocenters. The molecule has 1 fully saturated rings. The quantitative estimate of drug-likeness (QED) is 0.842. The van der Waals surface area contributed by atoms with Crippen molar-refractivity contribution in [1.82, 2.24) is 10.3 Å². The molecule has 2 heterocycles. The highest BCUT2D eigenvalue weighted by molar-refractivity contribution is 5.85. The summed E-state index contributed by atoms with van der Waals surface area (Å²) in [5, 5.41) is 13.4. The molecular weight excluding hydrogens is 228 g/mol. The second-order valence-electron chi connectivity index (χ2n) is 3.77. The smallest absolute Gasteiger partial charge is 0.127 e. The van der Waals surface area contributed by atoms with Crippen LogP contribution in [0.5, 0.6) is 5.75 Å². The molecule has 0 saturated carbocycles. The van der Waals surface area contributed by atoms with Gasteiger partial charge < -0.3 is 15.2 Å². The van der Waals surface area contributed by atoms with Gasteiger partial charge in [0, 0.05) is 24.0 Å². The number of hydrogen-bond acceptors (Lipinski definition) is 4. The largest absolute Gasteiger partial charge is 0.496 e. The maximum atomic E-state index is 10.1. The molecule has 1 saturated heterocycles. The fourth-order valence-corrected chi connectivity index (χ4v) is 2.00. The van der Waals surface area contributed by atoms with Gasteiger partial charge in [0.2, 0.25) is 0 Å². The molecule has 0 bridgehead atoms. The summed E-state index contributed by atoms with van der Waals surface area (Å²) in [6, 6.07) is 1.90. The number of rotatable bonds is 3. The summed E-state index contributed by atoms with van der Waals surface area (Å²) < 4.78 is 5.20. The summed E-state index contributed by atoms with van der Waals surface area (Å²) in [7, 11) is 1.60. The Balaban J connectivity index is 0.00000128. The zero-order valence-electron chi connectivity index (χ0n) is 9.22. The summed E-state index contributed by atoms with van der Waals surface area (Å²) in [5.74, 6) is 0.700. The van der Waals surface area contributed by atoms with Gasteiger partial charge in [-0.3, -0.25) is 4.98 Å². The van der Waals surface area contributed by atoms with E-state index in [4.69, 9.17) is 4.74 Å². The molecule has 1 aromatic rings. The van der Waals surface area contributed by atoms with Crippen LogP contribution in [0.25, 0.3) is 0 Å². The lowest BCUT2D eigenvalue weighted by Gasteiger charge is -2.20. The van der Waals surface area contributed by atoms with Crippen molar-refractivity contribution in [3.63, 3.8) is 0 Å². The number of aliphatic hydroxyl groups is 1. The predicted molar refractivity (Wildman–Crippen MR) is 64.0 cm³/mol. The van der Waals surface area contributed by atoms with Gasteiger partial charge in [-0.15, -0.1) is 12.4 Å². The molecule has 2 N–H and O–H groups in total.